The molecule has 3 nitrogen and oxygen atoms in total. The first-order chi connectivity index (χ1) is 7.19. The van der Waals surface area contributed by atoms with Crippen LogP contribution in [0.5, 0.6) is 11.5 Å². The number of hydrogen-bond donors (Lipinski definition) is 1. The standard InChI is InChI=1S/C11H14FNO2.ClH/c1-14-11-4-7(12)2-3-10(11)15-9-5-8(13)6-9;/h2-4,8-9H,5-6,13H2,1H3;1H. The fourth-order valence-corrected chi connectivity index (χ4v) is 1.62. The molecule has 16 heavy (non-hydrogen) atoms. The maximum absolute atomic E-state index is 12.9. The first-order valence-electron chi connectivity index (χ1n) is 4.95. The maximum atomic E-state index is 12.9. The third kappa shape index (κ3) is 2.77. The van der Waals surface area contributed by atoms with Gasteiger partial charge in [-0.3, -0.25) is 0 Å². The van der Waals surface area contributed by atoms with E-state index in [9.17, 15) is 4.39 Å². The molecule has 1 aromatic carbocycles. The van der Waals surface area contributed by atoms with Gasteiger partial charge in [0.25, 0.3) is 0 Å². The summed E-state index contributed by atoms with van der Waals surface area (Å²) in [7, 11) is 1.49. The predicted octanol–water partition coefficient (Wildman–Crippen LogP) is 2.12. The highest BCUT2D eigenvalue weighted by molar-refractivity contribution is 5.85. The summed E-state index contributed by atoms with van der Waals surface area (Å²) < 4.78 is 23.5. The van der Waals surface area contributed by atoms with Gasteiger partial charge in [0, 0.05) is 12.1 Å². The number of ether oxygens (including phenoxy) is 2. The van der Waals surface area contributed by atoms with Crippen molar-refractivity contribution in [3.05, 3.63) is 24.0 Å². The Morgan fingerprint density at radius 1 is 1.31 bits per heavy atom. The number of methoxy groups -OCH3 is 1. The molecule has 1 aliphatic rings. The summed E-state index contributed by atoms with van der Waals surface area (Å²) in [6, 6.07) is 4.49. The smallest absolute Gasteiger partial charge is 0.163 e. The highest BCUT2D eigenvalue weighted by Gasteiger charge is 2.28. The Morgan fingerprint density at radius 3 is 2.56 bits per heavy atom. The zero-order valence-corrected chi connectivity index (χ0v) is 9.80. The molecule has 0 saturated heterocycles. The van der Waals surface area contributed by atoms with E-state index in [-0.39, 0.29) is 30.4 Å². The highest BCUT2D eigenvalue weighted by Crippen LogP contribution is 2.32. The first kappa shape index (κ1) is 13.1. The predicted molar refractivity (Wildman–Crippen MR) is 61.8 cm³/mol. The Labute approximate surface area is 100 Å². The van der Waals surface area contributed by atoms with Gasteiger partial charge in [0.1, 0.15) is 11.9 Å². The van der Waals surface area contributed by atoms with E-state index in [4.69, 9.17) is 15.2 Å². The van der Waals surface area contributed by atoms with E-state index in [0.717, 1.165) is 12.8 Å². The number of hydrogen-bond acceptors (Lipinski definition) is 3. The van der Waals surface area contributed by atoms with E-state index in [0.29, 0.717) is 11.5 Å². The molecule has 0 amide bonds. The van der Waals surface area contributed by atoms with E-state index in [1.54, 1.807) is 6.07 Å². The minimum Gasteiger partial charge on any atom is -0.493 e. The molecule has 0 unspecified atom stereocenters. The summed E-state index contributed by atoms with van der Waals surface area (Å²) in [5.41, 5.74) is 5.65. The molecule has 0 spiro atoms. The lowest BCUT2D eigenvalue weighted by Gasteiger charge is -2.32. The van der Waals surface area contributed by atoms with Gasteiger partial charge in [-0.05, 0) is 25.0 Å². The Bertz CT molecular complexity index is 356. The average Bonchev–Trinajstić information content (AvgIpc) is 2.18. The lowest BCUT2D eigenvalue weighted by Crippen LogP contribution is -2.43. The van der Waals surface area contributed by atoms with Crippen molar-refractivity contribution in [2.75, 3.05) is 7.11 Å². The van der Waals surface area contributed by atoms with Crippen molar-refractivity contribution >= 4 is 12.4 Å². The second-order valence-electron chi connectivity index (χ2n) is 3.77. The molecule has 0 aromatic heterocycles. The van der Waals surface area contributed by atoms with Gasteiger partial charge in [-0.2, -0.15) is 0 Å². The summed E-state index contributed by atoms with van der Waals surface area (Å²) in [5.74, 6) is 0.677. The number of benzene rings is 1. The fourth-order valence-electron chi connectivity index (χ4n) is 1.62. The van der Waals surface area contributed by atoms with Crippen LogP contribution in [0.15, 0.2) is 18.2 Å². The van der Waals surface area contributed by atoms with Crippen molar-refractivity contribution in [2.45, 2.75) is 25.0 Å². The molecule has 1 saturated carbocycles. The molecular weight excluding hydrogens is 233 g/mol. The van der Waals surface area contributed by atoms with E-state index >= 15 is 0 Å². The van der Waals surface area contributed by atoms with Gasteiger partial charge in [-0.25, -0.2) is 4.39 Å². The molecule has 90 valence electrons. The number of halogens is 2. The first-order valence-corrected chi connectivity index (χ1v) is 4.95. The van der Waals surface area contributed by atoms with Crippen molar-refractivity contribution in [3.8, 4) is 11.5 Å². The lowest BCUT2D eigenvalue weighted by molar-refractivity contribution is 0.0972. The second kappa shape index (κ2) is 5.37. The number of rotatable bonds is 3. The summed E-state index contributed by atoms with van der Waals surface area (Å²) in [4.78, 5) is 0. The molecule has 5 heteroatoms. The summed E-state index contributed by atoms with van der Waals surface area (Å²) in [6.07, 6.45) is 1.83. The topological polar surface area (TPSA) is 44.5 Å². The lowest BCUT2D eigenvalue weighted by atomic mass is 9.90. The largest absolute Gasteiger partial charge is 0.493 e. The minimum absolute atomic E-state index is 0. The van der Waals surface area contributed by atoms with Crippen LogP contribution in [0, 0.1) is 5.82 Å². The van der Waals surface area contributed by atoms with Crippen LogP contribution in [0.4, 0.5) is 4.39 Å². The molecule has 0 atom stereocenters. The van der Waals surface area contributed by atoms with E-state index in [2.05, 4.69) is 0 Å². The van der Waals surface area contributed by atoms with E-state index in [1.165, 1.54) is 19.2 Å². The van der Waals surface area contributed by atoms with Crippen LogP contribution in [0.3, 0.4) is 0 Å². The molecule has 2 N–H and O–H groups in total. The van der Waals surface area contributed by atoms with Gasteiger partial charge >= 0.3 is 0 Å². The van der Waals surface area contributed by atoms with Gasteiger partial charge < -0.3 is 15.2 Å². The molecule has 0 heterocycles. The van der Waals surface area contributed by atoms with Crippen molar-refractivity contribution in [3.63, 3.8) is 0 Å². The molecule has 0 bridgehead atoms. The van der Waals surface area contributed by atoms with Crippen molar-refractivity contribution < 1.29 is 13.9 Å². The van der Waals surface area contributed by atoms with Crippen LogP contribution in [-0.2, 0) is 0 Å². The van der Waals surface area contributed by atoms with Crippen molar-refractivity contribution in [2.24, 2.45) is 5.73 Å². The average molecular weight is 248 g/mol. The summed E-state index contributed by atoms with van der Waals surface area (Å²) >= 11 is 0. The minimum atomic E-state index is -0.329. The highest BCUT2D eigenvalue weighted by atomic mass is 35.5. The third-order valence-corrected chi connectivity index (χ3v) is 2.55. The van der Waals surface area contributed by atoms with Crippen molar-refractivity contribution in [1.29, 1.82) is 0 Å². The maximum Gasteiger partial charge on any atom is 0.163 e. The normalized spacial score (nSPS) is 22.9. The monoisotopic (exact) mass is 247 g/mol. The Morgan fingerprint density at radius 2 is 2.00 bits per heavy atom. The zero-order chi connectivity index (χ0) is 10.8. The van der Waals surface area contributed by atoms with Crippen LogP contribution < -0.4 is 15.2 Å². The Hall–Kier alpha value is -1.00. The fraction of sp³-hybridized carbons (Fsp3) is 0.455. The van der Waals surface area contributed by atoms with Crippen LogP contribution in [0.2, 0.25) is 0 Å². The molecule has 1 fully saturated rings. The van der Waals surface area contributed by atoms with Gasteiger partial charge in [0.05, 0.1) is 7.11 Å². The van der Waals surface area contributed by atoms with Crippen LogP contribution >= 0.6 is 12.4 Å². The third-order valence-electron chi connectivity index (χ3n) is 2.55. The number of nitrogens with two attached hydrogens (primary N) is 1. The Kier molecular flexibility index (Phi) is 4.38. The van der Waals surface area contributed by atoms with Gasteiger partial charge in [0.15, 0.2) is 11.5 Å². The molecule has 1 aromatic rings. The molecule has 1 aliphatic carbocycles. The van der Waals surface area contributed by atoms with Crippen LogP contribution in [0.25, 0.3) is 0 Å². The Balaban J connectivity index is 0.00000128. The summed E-state index contributed by atoms with van der Waals surface area (Å²) in [6.45, 7) is 0. The SMILES string of the molecule is COc1cc(F)ccc1OC1CC(N)C1.Cl. The van der Waals surface area contributed by atoms with Crippen LogP contribution in [-0.4, -0.2) is 19.3 Å². The molecule has 0 aliphatic heterocycles. The van der Waals surface area contributed by atoms with Gasteiger partial charge in [-0.1, -0.05) is 0 Å². The summed E-state index contributed by atoms with van der Waals surface area (Å²) in [5, 5.41) is 0. The molecular formula is C11H15ClFNO2. The van der Waals surface area contributed by atoms with Gasteiger partial charge in [0.2, 0.25) is 0 Å². The van der Waals surface area contributed by atoms with Crippen molar-refractivity contribution in [1.82, 2.24) is 0 Å². The molecule has 2 rings (SSSR count). The zero-order valence-electron chi connectivity index (χ0n) is 8.98. The van der Waals surface area contributed by atoms with E-state index in [1.807, 2.05) is 0 Å². The second-order valence-corrected chi connectivity index (χ2v) is 3.77. The van der Waals surface area contributed by atoms with Crippen LogP contribution in [0.1, 0.15) is 12.8 Å². The molecule has 0 radical (unpaired) electrons. The quantitative estimate of drug-likeness (QED) is 0.890. The van der Waals surface area contributed by atoms with Gasteiger partial charge in [-0.15, -0.1) is 12.4 Å². The van der Waals surface area contributed by atoms with E-state index < -0.39 is 0 Å².